The predicted molar refractivity (Wildman–Crippen MR) is 57.9 cm³/mol. The standard InChI is InChI=1S/C11H16O5/c1-6(12)10(13)7-4-8(15-2)11(14)9(5-7)16-3/h4-6,10,12-14H,1-3H3. The molecule has 90 valence electrons. The third-order valence-electron chi connectivity index (χ3n) is 2.30. The highest BCUT2D eigenvalue weighted by molar-refractivity contribution is 5.53. The second-order valence-electron chi connectivity index (χ2n) is 3.46. The van der Waals surface area contributed by atoms with Crippen molar-refractivity contribution in [3.63, 3.8) is 0 Å². The van der Waals surface area contributed by atoms with Crippen LogP contribution in [0.1, 0.15) is 18.6 Å². The molecule has 0 bridgehead atoms. The van der Waals surface area contributed by atoms with Crippen LogP contribution in [0.2, 0.25) is 0 Å². The highest BCUT2D eigenvalue weighted by Gasteiger charge is 2.19. The van der Waals surface area contributed by atoms with Crippen LogP contribution in [-0.2, 0) is 0 Å². The average molecular weight is 228 g/mol. The summed E-state index contributed by atoms with van der Waals surface area (Å²) in [5.74, 6) is 0.245. The number of benzene rings is 1. The number of phenols is 1. The maximum absolute atomic E-state index is 9.69. The van der Waals surface area contributed by atoms with Crippen molar-refractivity contribution in [3.8, 4) is 17.2 Å². The topological polar surface area (TPSA) is 79.2 Å². The molecule has 0 aliphatic rings. The van der Waals surface area contributed by atoms with Crippen molar-refractivity contribution in [2.24, 2.45) is 0 Å². The summed E-state index contributed by atoms with van der Waals surface area (Å²) in [5, 5.41) is 28.6. The molecule has 0 heterocycles. The molecular formula is C11H16O5. The lowest BCUT2D eigenvalue weighted by Crippen LogP contribution is -2.13. The summed E-state index contributed by atoms with van der Waals surface area (Å²) in [6, 6.07) is 2.91. The molecule has 0 radical (unpaired) electrons. The Morgan fingerprint density at radius 2 is 1.50 bits per heavy atom. The molecule has 0 saturated carbocycles. The molecule has 0 aliphatic carbocycles. The Morgan fingerprint density at radius 1 is 1.06 bits per heavy atom. The van der Waals surface area contributed by atoms with E-state index in [1.807, 2.05) is 0 Å². The highest BCUT2D eigenvalue weighted by Crippen LogP contribution is 2.39. The van der Waals surface area contributed by atoms with Crippen molar-refractivity contribution in [2.75, 3.05) is 14.2 Å². The number of ether oxygens (including phenoxy) is 2. The zero-order valence-corrected chi connectivity index (χ0v) is 9.47. The minimum Gasteiger partial charge on any atom is -0.502 e. The molecule has 16 heavy (non-hydrogen) atoms. The Hall–Kier alpha value is -1.46. The van der Waals surface area contributed by atoms with Gasteiger partial charge in [-0.3, -0.25) is 0 Å². The number of aliphatic hydroxyl groups excluding tert-OH is 2. The monoisotopic (exact) mass is 228 g/mol. The fourth-order valence-corrected chi connectivity index (χ4v) is 1.36. The Morgan fingerprint density at radius 3 is 1.81 bits per heavy atom. The minimum atomic E-state index is -1.05. The quantitative estimate of drug-likeness (QED) is 0.711. The summed E-state index contributed by atoms with van der Waals surface area (Å²) in [4.78, 5) is 0. The predicted octanol–water partition coefficient (Wildman–Crippen LogP) is 0.824. The number of rotatable bonds is 4. The van der Waals surface area contributed by atoms with Crippen LogP contribution in [0.15, 0.2) is 12.1 Å². The normalized spacial score (nSPS) is 14.3. The zero-order chi connectivity index (χ0) is 12.3. The lowest BCUT2D eigenvalue weighted by atomic mass is 10.0. The van der Waals surface area contributed by atoms with Gasteiger partial charge in [0, 0.05) is 0 Å². The van der Waals surface area contributed by atoms with E-state index in [1.165, 1.54) is 33.3 Å². The van der Waals surface area contributed by atoms with Crippen LogP contribution in [0.25, 0.3) is 0 Å². The molecule has 5 nitrogen and oxygen atoms in total. The molecule has 2 atom stereocenters. The maximum atomic E-state index is 9.69. The van der Waals surface area contributed by atoms with E-state index in [2.05, 4.69) is 0 Å². The van der Waals surface area contributed by atoms with E-state index in [0.717, 1.165) is 0 Å². The van der Waals surface area contributed by atoms with Crippen molar-refractivity contribution in [2.45, 2.75) is 19.1 Å². The van der Waals surface area contributed by atoms with Crippen molar-refractivity contribution >= 4 is 0 Å². The maximum Gasteiger partial charge on any atom is 0.200 e. The van der Waals surface area contributed by atoms with Crippen molar-refractivity contribution in [1.82, 2.24) is 0 Å². The molecule has 1 rings (SSSR count). The molecule has 0 fully saturated rings. The molecule has 2 unspecified atom stereocenters. The largest absolute Gasteiger partial charge is 0.502 e. The average Bonchev–Trinajstić information content (AvgIpc) is 2.28. The Labute approximate surface area is 93.9 Å². The SMILES string of the molecule is COc1cc(C(O)C(C)O)cc(OC)c1O. The summed E-state index contributed by atoms with van der Waals surface area (Å²) in [5.41, 5.74) is 0.418. The first kappa shape index (κ1) is 12.6. The number of hydrogen-bond donors (Lipinski definition) is 3. The van der Waals surface area contributed by atoms with E-state index in [4.69, 9.17) is 9.47 Å². The zero-order valence-electron chi connectivity index (χ0n) is 9.47. The number of aromatic hydroxyl groups is 1. The molecule has 3 N–H and O–H groups in total. The Kier molecular flexibility index (Phi) is 3.98. The van der Waals surface area contributed by atoms with Gasteiger partial charge < -0.3 is 24.8 Å². The van der Waals surface area contributed by atoms with Gasteiger partial charge in [0.1, 0.15) is 6.10 Å². The Balaban J connectivity index is 3.21. The van der Waals surface area contributed by atoms with E-state index < -0.39 is 12.2 Å². The number of methoxy groups -OCH3 is 2. The van der Waals surface area contributed by atoms with Crippen molar-refractivity contribution in [1.29, 1.82) is 0 Å². The fourth-order valence-electron chi connectivity index (χ4n) is 1.36. The van der Waals surface area contributed by atoms with Gasteiger partial charge in [-0.05, 0) is 24.6 Å². The van der Waals surface area contributed by atoms with E-state index in [1.54, 1.807) is 0 Å². The first-order valence-corrected chi connectivity index (χ1v) is 4.82. The van der Waals surface area contributed by atoms with E-state index in [0.29, 0.717) is 5.56 Å². The third-order valence-corrected chi connectivity index (χ3v) is 2.30. The molecule has 1 aromatic rings. The first-order chi connectivity index (χ1) is 7.51. The van der Waals surface area contributed by atoms with Gasteiger partial charge >= 0.3 is 0 Å². The number of hydrogen-bond acceptors (Lipinski definition) is 5. The molecule has 0 aliphatic heterocycles. The van der Waals surface area contributed by atoms with Crippen LogP contribution in [0.5, 0.6) is 17.2 Å². The van der Waals surface area contributed by atoms with Gasteiger partial charge in [-0.1, -0.05) is 0 Å². The van der Waals surface area contributed by atoms with Gasteiger partial charge in [0.15, 0.2) is 11.5 Å². The summed E-state index contributed by atoms with van der Waals surface area (Å²) >= 11 is 0. The smallest absolute Gasteiger partial charge is 0.200 e. The van der Waals surface area contributed by atoms with Crippen LogP contribution in [0.3, 0.4) is 0 Å². The van der Waals surface area contributed by atoms with Gasteiger partial charge in [0.2, 0.25) is 5.75 Å². The summed E-state index contributed by atoms with van der Waals surface area (Å²) in [6.07, 6.45) is -1.97. The van der Waals surface area contributed by atoms with Crippen LogP contribution in [0, 0.1) is 0 Å². The van der Waals surface area contributed by atoms with Gasteiger partial charge in [-0.2, -0.15) is 0 Å². The van der Waals surface area contributed by atoms with Gasteiger partial charge in [0.25, 0.3) is 0 Å². The second kappa shape index (κ2) is 5.05. The van der Waals surface area contributed by atoms with Crippen LogP contribution in [-0.4, -0.2) is 35.6 Å². The molecule has 0 saturated heterocycles. The number of phenolic OH excluding ortho intramolecular Hbond substituents is 1. The van der Waals surface area contributed by atoms with Crippen molar-refractivity contribution in [3.05, 3.63) is 17.7 Å². The summed E-state index contributed by atoms with van der Waals surface area (Å²) in [6.45, 7) is 1.47. The third kappa shape index (κ3) is 2.37. The van der Waals surface area contributed by atoms with E-state index in [-0.39, 0.29) is 17.2 Å². The Bertz CT molecular complexity index is 336. The molecule has 0 amide bonds. The van der Waals surface area contributed by atoms with Gasteiger partial charge in [-0.25, -0.2) is 0 Å². The lowest BCUT2D eigenvalue weighted by Gasteiger charge is -2.17. The molecule has 0 spiro atoms. The van der Waals surface area contributed by atoms with Crippen LogP contribution >= 0.6 is 0 Å². The second-order valence-corrected chi connectivity index (χ2v) is 3.46. The molecule has 5 heteroatoms. The molecule has 0 aromatic heterocycles. The highest BCUT2D eigenvalue weighted by atomic mass is 16.5. The van der Waals surface area contributed by atoms with E-state index in [9.17, 15) is 15.3 Å². The van der Waals surface area contributed by atoms with Gasteiger partial charge in [-0.15, -0.1) is 0 Å². The minimum absolute atomic E-state index is 0.133. The van der Waals surface area contributed by atoms with Gasteiger partial charge in [0.05, 0.1) is 20.3 Å². The van der Waals surface area contributed by atoms with Crippen LogP contribution < -0.4 is 9.47 Å². The molecule has 1 aromatic carbocycles. The first-order valence-electron chi connectivity index (χ1n) is 4.82. The lowest BCUT2D eigenvalue weighted by molar-refractivity contribution is 0.0302. The van der Waals surface area contributed by atoms with Crippen LogP contribution in [0.4, 0.5) is 0 Å². The molecular weight excluding hydrogens is 212 g/mol. The summed E-state index contributed by atoms with van der Waals surface area (Å²) in [7, 11) is 2.79. The fraction of sp³-hybridized carbons (Fsp3) is 0.455. The summed E-state index contributed by atoms with van der Waals surface area (Å²) < 4.78 is 9.87. The van der Waals surface area contributed by atoms with Crippen molar-refractivity contribution < 1.29 is 24.8 Å². The number of aliphatic hydroxyl groups is 2. The van der Waals surface area contributed by atoms with E-state index >= 15 is 0 Å².